The monoisotopic (exact) mass is 253 g/mol. The van der Waals surface area contributed by atoms with Crippen LogP contribution >= 0.6 is 0 Å². The molecular formula is C15H27NO2. The maximum absolute atomic E-state index is 11.6. The van der Waals surface area contributed by atoms with Crippen LogP contribution in [0.3, 0.4) is 0 Å². The molecular weight excluding hydrogens is 226 g/mol. The van der Waals surface area contributed by atoms with Crippen LogP contribution in [-0.2, 0) is 9.53 Å². The quantitative estimate of drug-likeness (QED) is 0.766. The molecule has 2 unspecified atom stereocenters. The fraction of sp³-hybridized carbons (Fsp3) is 0.933. The second kappa shape index (κ2) is 7.13. The predicted molar refractivity (Wildman–Crippen MR) is 72.3 cm³/mol. The summed E-state index contributed by atoms with van der Waals surface area (Å²) in [6.45, 7) is 3.33. The van der Waals surface area contributed by atoms with E-state index >= 15 is 0 Å². The van der Waals surface area contributed by atoms with Crippen LogP contribution in [0.4, 0.5) is 0 Å². The topological polar surface area (TPSA) is 38.3 Å². The average molecular weight is 253 g/mol. The molecule has 2 aliphatic carbocycles. The predicted octanol–water partition coefficient (Wildman–Crippen LogP) is 2.89. The van der Waals surface area contributed by atoms with Crippen molar-refractivity contribution in [3.63, 3.8) is 0 Å². The zero-order valence-corrected chi connectivity index (χ0v) is 11.6. The van der Waals surface area contributed by atoms with Gasteiger partial charge in [0.15, 0.2) is 0 Å². The van der Waals surface area contributed by atoms with Crippen molar-refractivity contribution in [2.45, 2.75) is 64.3 Å². The number of rotatable bonds is 5. The van der Waals surface area contributed by atoms with Crippen molar-refractivity contribution in [2.75, 3.05) is 13.2 Å². The van der Waals surface area contributed by atoms with Crippen LogP contribution in [0.15, 0.2) is 0 Å². The van der Waals surface area contributed by atoms with Crippen LogP contribution in [-0.4, -0.2) is 25.2 Å². The largest absolute Gasteiger partial charge is 0.464 e. The Morgan fingerprint density at radius 2 is 1.94 bits per heavy atom. The summed E-state index contributed by atoms with van der Waals surface area (Å²) in [6, 6.07) is 0.548. The Morgan fingerprint density at radius 3 is 2.67 bits per heavy atom. The highest BCUT2D eigenvalue weighted by Gasteiger charge is 2.20. The van der Waals surface area contributed by atoms with E-state index in [0.717, 1.165) is 5.92 Å². The van der Waals surface area contributed by atoms with Crippen molar-refractivity contribution in [1.29, 1.82) is 0 Å². The molecule has 2 rings (SSSR count). The van der Waals surface area contributed by atoms with Crippen molar-refractivity contribution in [3.8, 4) is 0 Å². The zero-order chi connectivity index (χ0) is 12.8. The molecule has 0 aliphatic heterocycles. The molecule has 0 amide bonds. The van der Waals surface area contributed by atoms with E-state index in [0.29, 0.717) is 25.1 Å². The van der Waals surface area contributed by atoms with Crippen molar-refractivity contribution in [2.24, 2.45) is 11.8 Å². The van der Waals surface area contributed by atoms with Gasteiger partial charge in [0.25, 0.3) is 0 Å². The van der Waals surface area contributed by atoms with E-state index in [1.165, 1.54) is 51.4 Å². The lowest BCUT2D eigenvalue weighted by Crippen LogP contribution is -2.33. The molecule has 2 aliphatic rings. The smallest absolute Gasteiger partial charge is 0.319 e. The van der Waals surface area contributed by atoms with Gasteiger partial charge in [-0.05, 0) is 37.5 Å². The molecule has 0 saturated heterocycles. The Bertz CT molecular complexity index is 261. The highest BCUT2D eigenvalue weighted by atomic mass is 16.5. The van der Waals surface area contributed by atoms with E-state index in [2.05, 4.69) is 12.2 Å². The molecule has 18 heavy (non-hydrogen) atoms. The Hall–Kier alpha value is -0.570. The van der Waals surface area contributed by atoms with E-state index < -0.39 is 0 Å². The van der Waals surface area contributed by atoms with Gasteiger partial charge < -0.3 is 10.1 Å². The zero-order valence-electron chi connectivity index (χ0n) is 11.6. The van der Waals surface area contributed by atoms with Gasteiger partial charge in [-0.3, -0.25) is 4.79 Å². The summed E-state index contributed by atoms with van der Waals surface area (Å²) in [5.41, 5.74) is 0. The van der Waals surface area contributed by atoms with Crippen LogP contribution < -0.4 is 5.32 Å². The summed E-state index contributed by atoms with van der Waals surface area (Å²) in [7, 11) is 0. The molecule has 1 N–H and O–H groups in total. The first-order valence-corrected chi connectivity index (χ1v) is 7.63. The van der Waals surface area contributed by atoms with Crippen molar-refractivity contribution < 1.29 is 9.53 Å². The molecule has 2 fully saturated rings. The SMILES string of the molecule is CC1CCCC(COC(=O)CNC2CCCC2)C1. The third-order valence-corrected chi connectivity index (χ3v) is 4.42. The lowest BCUT2D eigenvalue weighted by Gasteiger charge is -2.26. The van der Waals surface area contributed by atoms with E-state index in [1.807, 2.05) is 0 Å². The number of carbonyl (C=O) groups is 1. The van der Waals surface area contributed by atoms with Crippen LogP contribution in [0.5, 0.6) is 0 Å². The van der Waals surface area contributed by atoms with Crippen LogP contribution in [0.25, 0.3) is 0 Å². The number of esters is 1. The summed E-state index contributed by atoms with van der Waals surface area (Å²) in [6.07, 6.45) is 10.1. The molecule has 0 radical (unpaired) electrons. The van der Waals surface area contributed by atoms with E-state index in [4.69, 9.17) is 4.74 Å². The lowest BCUT2D eigenvalue weighted by atomic mass is 9.83. The Morgan fingerprint density at radius 1 is 1.17 bits per heavy atom. The van der Waals surface area contributed by atoms with E-state index in [-0.39, 0.29) is 5.97 Å². The van der Waals surface area contributed by atoms with Gasteiger partial charge in [-0.25, -0.2) is 0 Å². The standard InChI is InChI=1S/C15H27NO2/c1-12-5-4-6-13(9-12)11-18-15(17)10-16-14-7-2-3-8-14/h12-14,16H,2-11H2,1H3. The second-order valence-corrected chi connectivity index (χ2v) is 6.18. The van der Waals surface area contributed by atoms with Crippen LogP contribution in [0.2, 0.25) is 0 Å². The van der Waals surface area contributed by atoms with Gasteiger partial charge in [0.1, 0.15) is 0 Å². The molecule has 0 spiro atoms. The third kappa shape index (κ3) is 4.60. The summed E-state index contributed by atoms with van der Waals surface area (Å²) in [5.74, 6) is 1.34. The fourth-order valence-electron chi connectivity index (χ4n) is 3.33. The van der Waals surface area contributed by atoms with Gasteiger partial charge in [-0.2, -0.15) is 0 Å². The number of ether oxygens (including phenoxy) is 1. The molecule has 3 nitrogen and oxygen atoms in total. The Labute approximate surface area is 111 Å². The fourth-order valence-corrected chi connectivity index (χ4v) is 3.33. The minimum absolute atomic E-state index is 0.0693. The van der Waals surface area contributed by atoms with Gasteiger partial charge in [0.05, 0.1) is 13.2 Å². The van der Waals surface area contributed by atoms with Crippen LogP contribution in [0, 0.1) is 11.8 Å². The minimum atomic E-state index is -0.0693. The molecule has 3 heteroatoms. The molecule has 2 saturated carbocycles. The van der Waals surface area contributed by atoms with Gasteiger partial charge >= 0.3 is 5.97 Å². The summed E-state index contributed by atoms with van der Waals surface area (Å²) < 4.78 is 5.39. The number of hydrogen-bond donors (Lipinski definition) is 1. The highest BCUT2D eigenvalue weighted by Crippen LogP contribution is 2.28. The van der Waals surface area contributed by atoms with Crippen molar-refractivity contribution in [1.82, 2.24) is 5.32 Å². The maximum Gasteiger partial charge on any atom is 0.319 e. The average Bonchev–Trinajstić information content (AvgIpc) is 2.87. The number of hydrogen-bond acceptors (Lipinski definition) is 3. The van der Waals surface area contributed by atoms with Gasteiger partial charge in [0, 0.05) is 6.04 Å². The molecule has 104 valence electrons. The molecule has 0 bridgehead atoms. The van der Waals surface area contributed by atoms with Crippen molar-refractivity contribution in [3.05, 3.63) is 0 Å². The summed E-state index contributed by atoms with van der Waals surface area (Å²) >= 11 is 0. The first-order chi connectivity index (χ1) is 8.74. The second-order valence-electron chi connectivity index (χ2n) is 6.18. The summed E-state index contributed by atoms with van der Waals surface area (Å²) in [4.78, 5) is 11.6. The normalized spacial score (nSPS) is 29.4. The first kappa shape index (κ1) is 13.9. The van der Waals surface area contributed by atoms with E-state index in [9.17, 15) is 4.79 Å². The first-order valence-electron chi connectivity index (χ1n) is 7.63. The summed E-state index contributed by atoms with van der Waals surface area (Å²) in [5, 5.41) is 3.30. The number of carbonyl (C=O) groups excluding carboxylic acids is 1. The molecule has 0 aromatic heterocycles. The third-order valence-electron chi connectivity index (χ3n) is 4.42. The van der Waals surface area contributed by atoms with Gasteiger partial charge in [-0.1, -0.05) is 32.6 Å². The molecule has 0 aromatic carbocycles. The Balaban J connectivity index is 1.56. The van der Waals surface area contributed by atoms with Gasteiger partial charge in [0.2, 0.25) is 0 Å². The van der Waals surface area contributed by atoms with Crippen LogP contribution in [0.1, 0.15) is 58.3 Å². The van der Waals surface area contributed by atoms with Gasteiger partial charge in [-0.15, -0.1) is 0 Å². The lowest BCUT2D eigenvalue weighted by molar-refractivity contribution is -0.144. The maximum atomic E-state index is 11.6. The number of nitrogens with one attached hydrogen (secondary N) is 1. The molecule has 0 heterocycles. The molecule has 0 aromatic rings. The Kier molecular flexibility index (Phi) is 5.48. The van der Waals surface area contributed by atoms with E-state index in [1.54, 1.807) is 0 Å². The van der Waals surface area contributed by atoms with Crippen molar-refractivity contribution >= 4 is 5.97 Å². The minimum Gasteiger partial charge on any atom is -0.464 e. The molecule has 2 atom stereocenters. The highest BCUT2D eigenvalue weighted by molar-refractivity contribution is 5.71.